The zero-order chi connectivity index (χ0) is 19.9. The quantitative estimate of drug-likeness (QED) is 0.222. The van der Waals surface area contributed by atoms with Gasteiger partial charge in [0.1, 0.15) is 0 Å². The van der Waals surface area contributed by atoms with Crippen LogP contribution in [0.4, 0.5) is 11.4 Å². The zero-order valence-corrected chi connectivity index (χ0v) is 16.3. The average Bonchev–Trinajstić information content (AvgIpc) is 3.34. The lowest BCUT2D eigenvalue weighted by molar-refractivity contribution is 0.957. The molecular formula is C26H18N4. The van der Waals surface area contributed by atoms with E-state index in [0.717, 1.165) is 24.2 Å². The van der Waals surface area contributed by atoms with Crippen molar-refractivity contribution < 1.29 is 0 Å². The molecule has 0 atom stereocenters. The van der Waals surface area contributed by atoms with Crippen molar-refractivity contribution >= 4 is 11.4 Å². The van der Waals surface area contributed by atoms with Crippen LogP contribution < -0.4 is 0 Å². The first-order chi connectivity index (χ1) is 14.8. The van der Waals surface area contributed by atoms with Crippen LogP contribution in [0.25, 0.3) is 22.3 Å². The minimum absolute atomic E-state index is 0.796. The Bertz CT molecular complexity index is 1250. The van der Waals surface area contributed by atoms with Crippen LogP contribution >= 0.6 is 0 Å². The summed E-state index contributed by atoms with van der Waals surface area (Å²) in [5, 5.41) is 16.3. The highest BCUT2D eigenvalue weighted by molar-refractivity contribution is 5.79. The number of rotatable bonds is 3. The lowest BCUT2D eigenvalue weighted by Crippen LogP contribution is -1.79. The van der Waals surface area contributed by atoms with Gasteiger partial charge in [-0.1, -0.05) is 60.7 Å². The van der Waals surface area contributed by atoms with Gasteiger partial charge in [0.15, 0.2) is 0 Å². The molecule has 0 bridgehead atoms. The third kappa shape index (κ3) is 2.85. The average molecular weight is 386 g/mol. The van der Waals surface area contributed by atoms with Crippen molar-refractivity contribution in [2.75, 3.05) is 0 Å². The van der Waals surface area contributed by atoms with E-state index in [1.54, 1.807) is 0 Å². The molecular weight excluding hydrogens is 368 g/mol. The highest BCUT2D eigenvalue weighted by Crippen LogP contribution is 2.39. The van der Waals surface area contributed by atoms with Crippen LogP contribution in [0.3, 0.4) is 0 Å². The molecule has 6 rings (SSSR count). The summed E-state index contributed by atoms with van der Waals surface area (Å²) in [7, 11) is 0. The molecule has 0 saturated carbocycles. The van der Waals surface area contributed by atoms with Crippen LogP contribution in [0.5, 0.6) is 0 Å². The van der Waals surface area contributed by atoms with Crippen LogP contribution in [-0.4, -0.2) is 0 Å². The maximum Gasteiger partial charge on any atom is 0.0879 e. The monoisotopic (exact) mass is 386 g/mol. The molecule has 0 spiro atoms. The van der Waals surface area contributed by atoms with Crippen molar-refractivity contribution in [3.63, 3.8) is 0 Å². The van der Waals surface area contributed by atoms with E-state index in [-0.39, 0.29) is 0 Å². The molecule has 4 heteroatoms. The van der Waals surface area contributed by atoms with Crippen LogP contribution in [0.2, 0.25) is 0 Å². The highest BCUT2D eigenvalue weighted by Gasteiger charge is 2.18. The summed E-state index contributed by atoms with van der Waals surface area (Å²) in [6.07, 6.45) is 1.88. The molecule has 2 aliphatic carbocycles. The van der Waals surface area contributed by atoms with E-state index in [1.165, 1.54) is 44.5 Å². The fraction of sp³-hybridized carbons (Fsp3) is 0.0769. The van der Waals surface area contributed by atoms with E-state index in [2.05, 4.69) is 93.5 Å². The number of hydrogen-bond donors (Lipinski definition) is 0. The molecule has 0 heterocycles. The van der Waals surface area contributed by atoms with Gasteiger partial charge in [0.25, 0.3) is 0 Å². The lowest BCUT2D eigenvalue weighted by Gasteiger charge is -2.01. The lowest BCUT2D eigenvalue weighted by atomic mass is 10.1. The van der Waals surface area contributed by atoms with Crippen molar-refractivity contribution in [2.24, 2.45) is 20.7 Å². The van der Waals surface area contributed by atoms with Crippen molar-refractivity contribution in [3.8, 4) is 22.3 Å². The molecule has 30 heavy (non-hydrogen) atoms. The second kappa shape index (κ2) is 6.85. The van der Waals surface area contributed by atoms with Crippen LogP contribution in [0, 0.1) is 0 Å². The van der Waals surface area contributed by atoms with Gasteiger partial charge in [-0.25, -0.2) is 0 Å². The molecule has 4 aromatic carbocycles. The minimum atomic E-state index is 0.796. The summed E-state index contributed by atoms with van der Waals surface area (Å²) in [4.78, 5) is 0. The summed E-state index contributed by atoms with van der Waals surface area (Å²) in [6, 6.07) is 29.4. The molecule has 0 unspecified atom stereocenters. The molecule has 0 radical (unpaired) electrons. The first kappa shape index (κ1) is 17.0. The van der Waals surface area contributed by atoms with Gasteiger partial charge in [-0.3, -0.25) is 0 Å². The highest BCUT2D eigenvalue weighted by atomic mass is 15.5. The Morgan fingerprint density at radius 1 is 0.433 bits per heavy atom. The second-order valence-corrected chi connectivity index (χ2v) is 7.73. The van der Waals surface area contributed by atoms with Crippen LogP contribution in [0.1, 0.15) is 22.3 Å². The van der Waals surface area contributed by atoms with Crippen molar-refractivity contribution in [1.29, 1.82) is 0 Å². The molecule has 0 saturated heterocycles. The van der Waals surface area contributed by atoms with Gasteiger partial charge < -0.3 is 0 Å². The summed E-state index contributed by atoms with van der Waals surface area (Å²) >= 11 is 0. The van der Waals surface area contributed by atoms with Crippen LogP contribution in [-0.2, 0) is 12.8 Å². The predicted octanol–water partition coefficient (Wildman–Crippen LogP) is 7.61. The number of hydrogen-bond acceptors (Lipinski definition) is 2. The molecule has 4 aromatic rings. The Morgan fingerprint density at radius 2 is 0.867 bits per heavy atom. The van der Waals surface area contributed by atoms with E-state index in [9.17, 15) is 0 Å². The third-order valence-electron chi connectivity index (χ3n) is 5.91. The summed E-state index contributed by atoms with van der Waals surface area (Å²) in [5.74, 6) is 0. The Hall–Kier alpha value is -3.92. The molecule has 142 valence electrons. The van der Waals surface area contributed by atoms with Crippen LogP contribution in [0.15, 0.2) is 106 Å². The zero-order valence-electron chi connectivity index (χ0n) is 16.3. The summed E-state index contributed by atoms with van der Waals surface area (Å²) in [5.41, 5.74) is 12.1. The smallest absolute Gasteiger partial charge is 0.0879 e. The van der Waals surface area contributed by atoms with Gasteiger partial charge >= 0.3 is 0 Å². The SMILES string of the molecule is c1ccc2c(c1)Cc1cc(N=NN=Nc3ccc4c(c3)Cc3ccccc3-4)ccc1-2. The maximum absolute atomic E-state index is 4.23. The van der Waals surface area contributed by atoms with Gasteiger partial charge in [-0.05, 0) is 92.1 Å². The van der Waals surface area contributed by atoms with Gasteiger partial charge in [0, 0.05) is 0 Å². The first-order valence-electron chi connectivity index (χ1n) is 10.1. The van der Waals surface area contributed by atoms with E-state index >= 15 is 0 Å². The van der Waals surface area contributed by atoms with E-state index < -0.39 is 0 Å². The van der Waals surface area contributed by atoms with Gasteiger partial charge in [-0.2, -0.15) is 0 Å². The molecule has 4 nitrogen and oxygen atoms in total. The largest absolute Gasteiger partial charge is 0.129 e. The molecule has 0 fully saturated rings. The Balaban J connectivity index is 1.19. The van der Waals surface area contributed by atoms with Crippen molar-refractivity contribution in [2.45, 2.75) is 12.8 Å². The Kier molecular flexibility index (Phi) is 3.88. The molecule has 0 N–H and O–H groups in total. The first-order valence-corrected chi connectivity index (χ1v) is 10.1. The second-order valence-electron chi connectivity index (χ2n) is 7.73. The van der Waals surface area contributed by atoms with Gasteiger partial charge in [0.05, 0.1) is 11.4 Å². The minimum Gasteiger partial charge on any atom is -0.129 e. The Morgan fingerprint density at radius 3 is 1.37 bits per heavy atom. The fourth-order valence-electron chi connectivity index (χ4n) is 4.53. The van der Waals surface area contributed by atoms with Crippen molar-refractivity contribution in [3.05, 3.63) is 107 Å². The summed E-state index contributed by atoms with van der Waals surface area (Å²) < 4.78 is 0. The Labute approximate surface area is 174 Å². The number of nitrogens with zero attached hydrogens (tertiary/aromatic N) is 4. The maximum atomic E-state index is 4.23. The van der Waals surface area contributed by atoms with Gasteiger partial charge in [0.2, 0.25) is 0 Å². The standard InChI is InChI=1S/C26H18N4/c1-3-7-23-17(5-1)13-19-15-21(9-11-25(19)23)27-29-30-28-22-10-12-26-20(16-22)14-18-6-2-4-8-24(18)26/h1-12,15-16H,13-14H2. The van der Waals surface area contributed by atoms with E-state index in [4.69, 9.17) is 0 Å². The molecule has 0 aliphatic heterocycles. The van der Waals surface area contributed by atoms with Gasteiger partial charge in [-0.15, -0.1) is 10.2 Å². The van der Waals surface area contributed by atoms with Crippen molar-refractivity contribution in [1.82, 2.24) is 0 Å². The number of benzene rings is 4. The normalized spacial score (nSPS) is 13.5. The molecule has 0 amide bonds. The fourth-order valence-corrected chi connectivity index (χ4v) is 4.53. The molecule has 0 aromatic heterocycles. The molecule has 2 aliphatic rings. The topological polar surface area (TPSA) is 49.4 Å². The van der Waals surface area contributed by atoms with E-state index in [0.29, 0.717) is 0 Å². The predicted molar refractivity (Wildman–Crippen MR) is 118 cm³/mol. The number of fused-ring (bicyclic) bond motifs is 6. The summed E-state index contributed by atoms with van der Waals surface area (Å²) in [6.45, 7) is 0. The van der Waals surface area contributed by atoms with E-state index in [1.807, 2.05) is 12.1 Å². The third-order valence-corrected chi connectivity index (χ3v) is 5.91.